The smallest absolute Gasteiger partial charge is 0.338 e. The van der Waals surface area contributed by atoms with Crippen molar-refractivity contribution in [2.45, 2.75) is 18.7 Å². The third-order valence-corrected chi connectivity index (χ3v) is 5.54. The fourth-order valence-corrected chi connectivity index (χ4v) is 3.74. The molecule has 0 atom stereocenters. The summed E-state index contributed by atoms with van der Waals surface area (Å²) in [6.07, 6.45) is 0. The standard InChI is InChI=1S/C19H21NO6S/c1-4-26-19(22)15-6-5-7-16(12-15)20(13-18(21)25-3)27(23,24)17-10-8-14(2)9-11-17/h5-12H,4,13H2,1-3H3. The molecule has 0 aliphatic carbocycles. The van der Waals surface area contributed by atoms with Gasteiger partial charge in [0, 0.05) is 0 Å². The normalized spacial score (nSPS) is 10.9. The molecule has 2 rings (SSSR count). The van der Waals surface area contributed by atoms with Gasteiger partial charge in [-0.1, -0.05) is 23.8 Å². The minimum absolute atomic E-state index is 0.0264. The van der Waals surface area contributed by atoms with Gasteiger partial charge in [0.15, 0.2) is 0 Å². The Labute approximate surface area is 158 Å². The number of aryl methyl sites for hydroxylation is 1. The van der Waals surface area contributed by atoms with Gasteiger partial charge in [0.25, 0.3) is 10.0 Å². The van der Waals surface area contributed by atoms with Crippen LogP contribution in [0, 0.1) is 6.92 Å². The highest BCUT2D eigenvalue weighted by atomic mass is 32.2. The Morgan fingerprint density at radius 1 is 1.07 bits per heavy atom. The van der Waals surface area contributed by atoms with Crippen LogP contribution < -0.4 is 4.31 Å². The number of rotatable bonds is 7. The third-order valence-electron chi connectivity index (χ3n) is 3.75. The van der Waals surface area contributed by atoms with E-state index in [0.29, 0.717) is 0 Å². The van der Waals surface area contributed by atoms with E-state index in [0.717, 1.165) is 9.87 Å². The van der Waals surface area contributed by atoms with Crippen molar-refractivity contribution in [2.75, 3.05) is 24.6 Å². The molecule has 0 aliphatic heterocycles. The molecule has 0 saturated heterocycles. The van der Waals surface area contributed by atoms with E-state index in [-0.39, 0.29) is 22.8 Å². The predicted octanol–water partition coefficient (Wildman–Crippen LogP) is 2.54. The summed E-state index contributed by atoms with van der Waals surface area (Å²) in [6.45, 7) is 3.17. The van der Waals surface area contributed by atoms with E-state index in [1.807, 2.05) is 6.92 Å². The highest BCUT2D eigenvalue weighted by Crippen LogP contribution is 2.25. The Kier molecular flexibility index (Phi) is 6.57. The maximum atomic E-state index is 13.1. The Morgan fingerprint density at radius 2 is 1.74 bits per heavy atom. The Hall–Kier alpha value is -2.87. The highest BCUT2D eigenvalue weighted by molar-refractivity contribution is 7.92. The molecule has 0 saturated carbocycles. The van der Waals surface area contributed by atoms with E-state index in [1.54, 1.807) is 19.1 Å². The Balaban J connectivity index is 2.52. The van der Waals surface area contributed by atoms with Crippen molar-refractivity contribution >= 4 is 27.6 Å². The predicted molar refractivity (Wildman–Crippen MR) is 100 cm³/mol. The highest BCUT2D eigenvalue weighted by Gasteiger charge is 2.28. The molecule has 0 fully saturated rings. The fraction of sp³-hybridized carbons (Fsp3) is 0.263. The first-order chi connectivity index (χ1) is 12.8. The molecular weight excluding hydrogens is 370 g/mol. The molecular formula is C19H21NO6S. The van der Waals surface area contributed by atoms with Crippen LogP contribution in [0.3, 0.4) is 0 Å². The van der Waals surface area contributed by atoms with Crippen LogP contribution in [0.25, 0.3) is 0 Å². The lowest BCUT2D eigenvalue weighted by molar-refractivity contribution is -0.138. The Morgan fingerprint density at radius 3 is 2.33 bits per heavy atom. The lowest BCUT2D eigenvalue weighted by atomic mass is 10.2. The van der Waals surface area contributed by atoms with E-state index >= 15 is 0 Å². The molecule has 0 spiro atoms. The average Bonchev–Trinajstić information content (AvgIpc) is 2.66. The first-order valence-electron chi connectivity index (χ1n) is 8.23. The van der Waals surface area contributed by atoms with Crippen LogP contribution >= 0.6 is 0 Å². The number of nitrogens with zero attached hydrogens (tertiary/aromatic N) is 1. The summed E-state index contributed by atoms with van der Waals surface area (Å²) in [4.78, 5) is 23.8. The number of benzene rings is 2. The monoisotopic (exact) mass is 391 g/mol. The van der Waals surface area contributed by atoms with Crippen molar-refractivity contribution in [3.8, 4) is 0 Å². The maximum absolute atomic E-state index is 13.1. The van der Waals surface area contributed by atoms with Gasteiger partial charge in [0.2, 0.25) is 0 Å². The molecule has 0 aromatic heterocycles. The van der Waals surface area contributed by atoms with Gasteiger partial charge in [0.1, 0.15) is 6.54 Å². The number of ether oxygens (including phenoxy) is 2. The second-order valence-electron chi connectivity index (χ2n) is 5.67. The van der Waals surface area contributed by atoms with Crippen LogP contribution in [-0.2, 0) is 24.3 Å². The molecule has 7 nitrogen and oxygen atoms in total. The lowest BCUT2D eigenvalue weighted by Crippen LogP contribution is -2.36. The van der Waals surface area contributed by atoms with Crippen molar-refractivity contribution in [2.24, 2.45) is 0 Å². The zero-order valence-corrected chi connectivity index (χ0v) is 16.2. The van der Waals surface area contributed by atoms with Gasteiger partial charge in [-0.3, -0.25) is 9.10 Å². The van der Waals surface area contributed by atoms with Gasteiger partial charge in [0.05, 0.1) is 29.9 Å². The number of hydrogen-bond donors (Lipinski definition) is 0. The molecule has 0 unspecified atom stereocenters. The van der Waals surface area contributed by atoms with Gasteiger partial charge < -0.3 is 9.47 Å². The minimum Gasteiger partial charge on any atom is -0.468 e. The van der Waals surface area contributed by atoms with Crippen molar-refractivity contribution in [1.29, 1.82) is 0 Å². The van der Waals surface area contributed by atoms with Gasteiger partial charge in [-0.05, 0) is 44.2 Å². The number of anilines is 1. The molecule has 0 N–H and O–H groups in total. The van der Waals surface area contributed by atoms with Crippen LogP contribution in [0.2, 0.25) is 0 Å². The van der Waals surface area contributed by atoms with Gasteiger partial charge in [-0.25, -0.2) is 13.2 Å². The molecule has 0 radical (unpaired) electrons. The van der Waals surface area contributed by atoms with Gasteiger partial charge in [-0.2, -0.15) is 0 Å². The van der Waals surface area contributed by atoms with Crippen LogP contribution in [0.15, 0.2) is 53.4 Å². The van der Waals surface area contributed by atoms with Crippen LogP contribution in [0.4, 0.5) is 5.69 Å². The molecule has 0 aliphatic rings. The van der Waals surface area contributed by atoms with Gasteiger partial charge in [-0.15, -0.1) is 0 Å². The quantitative estimate of drug-likeness (QED) is 0.674. The minimum atomic E-state index is -4.05. The average molecular weight is 391 g/mol. The molecule has 8 heteroatoms. The summed E-state index contributed by atoms with van der Waals surface area (Å²) < 4.78 is 36.7. The topological polar surface area (TPSA) is 90.0 Å². The summed E-state index contributed by atoms with van der Waals surface area (Å²) in [6, 6.07) is 12.2. The van der Waals surface area contributed by atoms with Crippen molar-refractivity contribution in [3.05, 3.63) is 59.7 Å². The number of hydrogen-bond acceptors (Lipinski definition) is 6. The first-order valence-corrected chi connectivity index (χ1v) is 9.67. The molecule has 144 valence electrons. The summed E-state index contributed by atoms with van der Waals surface area (Å²) in [5, 5.41) is 0. The number of carbonyl (C=O) groups excluding carboxylic acids is 2. The second-order valence-corrected chi connectivity index (χ2v) is 7.53. The Bertz CT molecular complexity index is 921. The van der Waals surface area contributed by atoms with Gasteiger partial charge >= 0.3 is 11.9 Å². The molecule has 0 bridgehead atoms. The zero-order chi connectivity index (χ0) is 20.0. The van der Waals surface area contributed by atoms with E-state index in [4.69, 9.17) is 4.74 Å². The molecule has 0 amide bonds. The fourth-order valence-electron chi connectivity index (χ4n) is 2.34. The molecule has 0 heterocycles. The number of esters is 2. The van der Waals surface area contributed by atoms with E-state index in [1.165, 1.54) is 43.5 Å². The van der Waals surface area contributed by atoms with E-state index in [9.17, 15) is 18.0 Å². The molecule has 2 aromatic rings. The summed E-state index contributed by atoms with van der Waals surface area (Å²) >= 11 is 0. The van der Waals surface area contributed by atoms with E-state index < -0.39 is 28.5 Å². The van der Waals surface area contributed by atoms with Crippen LogP contribution in [0.1, 0.15) is 22.8 Å². The summed E-state index contributed by atoms with van der Waals surface area (Å²) in [5.74, 6) is -1.31. The number of sulfonamides is 1. The summed E-state index contributed by atoms with van der Waals surface area (Å²) in [5.41, 5.74) is 1.24. The maximum Gasteiger partial charge on any atom is 0.338 e. The summed E-state index contributed by atoms with van der Waals surface area (Å²) in [7, 11) is -2.88. The molecule has 2 aromatic carbocycles. The number of carbonyl (C=O) groups is 2. The molecule has 27 heavy (non-hydrogen) atoms. The lowest BCUT2D eigenvalue weighted by Gasteiger charge is -2.23. The largest absolute Gasteiger partial charge is 0.468 e. The van der Waals surface area contributed by atoms with Crippen molar-refractivity contribution in [3.63, 3.8) is 0 Å². The third kappa shape index (κ3) is 4.85. The first kappa shape index (κ1) is 20.4. The van der Waals surface area contributed by atoms with Crippen LogP contribution in [-0.4, -0.2) is 40.6 Å². The number of methoxy groups -OCH3 is 1. The van der Waals surface area contributed by atoms with Crippen molar-refractivity contribution < 1.29 is 27.5 Å². The SMILES string of the molecule is CCOC(=O)c1cccc(N(CC(=O)OC)S(=O)(=O)c2ccc(C)cc2)c1. The second kappa shape index (κ2) is 8.68. The zero-order valence-electron chi connectivity index (χ0n) is 15.3. The van der Waals surface area contributed by atoms with Crippen LogP contribution in [0.5, 0.6) is 0 Å². The van der Waals surface area contributed by atoms with E-state index in [2.05, 4.69) is 4.74 Å². The van der Waals surface area contributed by atoms with Crippen molar-refractivity contribution in [1.82, 2.24) is 0 Å².